The highest BCUT2D eigenvalue weighted by atomic mass is 16.2. The highest BCUT2D eigenvalue weighted by Gasteiger charge is 2.34. The number of nitrogens with zero attached hydrogens (tertiary/aromatic N) is 1. The molecule has 2 heterocycles. The van der Waals surface area contributed by atoms with Gasteiger partial charge in [0.25, 0.3) is 0 Å². The molecule has 2 N–H and O–H groups in total. The molecule has 3 aliphatic rings. The molecule has 3 rings (SSSR count). The number of carbonyl (C=O) groups is 1. The van der Waals surface area contributed by atoms with Crippen LogP contribution < -0.4 is 10.6 Å². The van der Waals surface area contributed by atoms with Crippen LogP contribution in [0.1, 0.15) is 32.6 Å². The van der Waals surface area contributed by atoms with Gasteiger partial charge in [-0.25, -0.2) is 0 Å². The van der Waals surface area contributed by atoms with Crippen molar-refractivity contribution >= 4 is 5.91 Å². The number of carbonyl (C=O) groups excluding carboxylic acids is 1. The monoisotopic (exact) mass is 251 g/mol. The fourth-order valence-electron chi connectivity index (χ4n) is 3.32. The van der Waals surface area contributed by atoms with Gasteiger partial charge in [0.1, 0.15) is 0 Å². The molecule has 2 aliphatic heterocycles. The van der Waals surface area contributed by atoms with E-state index in [4.69, 9.17) is 0 Å². The molecule has 0 aromatic heterocycles. The van der Waals surface area contributed by atoms with Gasteiger partial charge in [0, 0.05) is 31.7 Å². The zero-order chi connectivity index (χ0) is 12.5. The topological polar surface area (TPSA) is 44.4 Å². The average Bonchev–Trinajstić information content (AvgIpc) is 3.12. The third-order valence-electron chi connectivity index (χ3n) is 4.79. The number of nitrogens with one attached hydrogen (secondary N) is 2. The average molecular weight is 251 g/mol. The number of hydrogen-bond donors (Lipinski definition) is 2. The van der Waals surface area contributed by atoms with Crippen LogP contribution >= 0.6 is 0 Å². The number of hydrogen-bond acceptors (Lipinski definition) is 3. The SMILES string of the molecule is C[C@@H]1CNC[C@H]1C(=O)NC1CCN(C2CC2)CC1. The van der Waals surface area contributed by atoms with Gasteiger partial charge in [-0.1, -0.05) is 6.92 Å². The molecule has 1 saturated carbocycles. The van der Waals surface area contributed by atoms with Crippen LogP contribution in [-0.4, -0.2) is 49.1 Å². The first-order chi connectivity index (χ1) is 8.74. The lowest BCUT2D eigenvalue weighted by Gasteiger charge is -2.33. The molecular formula is C14H25N3O. The molecule has 0 aromatic carbocycles. The van der Waals surface area contributed by atoms with Gasteiger partial charge in [-0.05, 0) is 38.1 Å². The predicted molar refractivity (Wildman–Crippen MR) is 71.3 cm³/mol. The Hall–Kier alpha value is -0.610. The Labute approximate surface area is 109 Å². The first-order valence-electron chi connectivity index (χ1n) is 7.49. The van der Waals surface area contributed by atoms with Crippen molar-refractivity contribution in [1.29, 1.82) is 0 Å². The minimum atomic E-state index is 0.187. The van der Waals surface area contributed by atoms with Gasteiger partial charge < -0.3 is 15.5 Å². The fourth-order valence-corrected chi connectivity index (χ4v) is 3.32. The molecule has 2 saturated heterocycles. The predicted octanol–water partition coefficient (Wildman–Crippen LogP) is 0.585. The van der Waals surface area contributed by atoms with E-state index in [-0.39, 0.29) is 11.8 Å². The van der Waals surface area contributed by atoms with Crippen LogP contribution in [0.2, 0.25) is 0 Å². The van der Waals surface area contributed by atoms with Crippen LogP contribution in [0.5, 0.6) is 0 Å². The van der Waals surface area contributed by atoms with Crippen LogP contribution in [0, 0.1) is 11.8 Å². The molecule has 0 radical (unpaired) electrons. The molecule has 0 unspecified atom stereocenters. The second-order valence-corrected chi connectivity index (χ2v) is 6.29. The lowest BCUT2D eigenvalue weighted by Crippen LogP contribution is -2.47. The highest BCUT2D eigenvalue weighted by Crippen LogP contribution is 2.29. The molecule has 3 fully saturated rings. The standard InChI is InChI=1S/C14H25N3O/c1-10-8-15-9-13(10)14(18)16-11-4-6-17(7-5-11)12-2-3-12/h10-13,15H,2-9H2,1H3,(H,16,18)/t10-,13-/m1/s1. The Morgan fingerprint density at radius 1 is 1.17 bits per heavy atom. The molecule has 102 valence electrons. The summed E-state index contributed by atoms with van der Waals surface area (Å²) in [5, 5.41) is 6.57. The number of likely N-dealkylation sites (tertiary alicyclic amines) is 1. The molecule has 2 atom stereocenters. The molecule has 0 spiro atoms. The summed E-state index contributed by atoms with van der Waals surface area (Å²) < 4.78 is 0. The smallest absolute Gasteiger partial charge is 0.224 e. The summed E-state index contributed by atoms with van der Waals surface area (Å²) in [5.74, 6) is 0.945. The Kier molecular flexibility index (Phi) is 3.57. The molecule has 1 aliphatic carbocycles. The normalized spacial score (nSPS) is 34.7. The van der Waals surface area contributed by atoms with Gasteiger partial charge in [-0.3, -0.25) is 4.79 Å². The summed E-state index contributed by atoms with van der Waals surface area (Å²) in [7, 11) is 0. The highest BCUT2D eigenvalue weighted by molar-refractivity contribution is 5.79. The Balaban J connectivity index is 1.44. The van der Waals surface area contributed by atoms with E-state index in [0.29, 0.717) is 12.0 Å². The molecule has 4 nitrogen and oxygen atoms in total. The van der Waals surface area contributed by atoms with E-state index in [1.165, 1.54) is 25.9 Å². The zero-order valence-electron chi connectivity index (χ0n) is 11.3. The van der Waals surface area contributed by atoms with Crippen molar-refractivity contribution in [3.8, 4) is 0 Å². The molecule has 1 amide bonds. The lowest BCUT2D eigenvalue weighted by molar-refractivity contribution is -0.126. The van der Waals surface area contributed by atoms with E-state index in [9.17, 15) is 4.79 Å². The van der Waals surface area contributed by atoms with Gasteiger partial charge >= 0.3 is 0 Å². The van der Waals surface area contributed by atoms with E-state index in [2.05, 4.69) is 22.5 Å². The summed E-state index contributed by atoms with van der Waals surface area (Å²) in [5.41, 5.74) is 0. The second kappa shape index (κ2) is 5.17. The van der Waals surface area contributed by atoms with E-state index < -0.39 is 0 Å². The van der Waals surface area contributed by atoms with Crippen molar-refractivity contribution in [3.05, 3.63) is 0 Å². The van der Waals surface area contributed by atoms with Gasteiger partial charge in [-0.2, -0.15) is 0 Å². The Bertz CT molecular complexity index is 308. The van der Waals surface area contributed by atoms with Crippen LogP contribution in [0.4, 0.5) is 0 Å². The van der Waals surface area contributed by atoms with E-state index in [1.807, 2.05) is 0 Å². The Morgan fingerprint density at radius 3 is 2.44 bits per heavy atom. The quantitative estimate of drug-likeness (QED) is 0.771. The van der Waals surface area contributed by atoms with Crippen LogP contribution in [0.3, 0.4) is 0 Å². The van der Waals surface area contributed by atoms with Crippen LogP contribution in [0.25, 0.3) is 0 Å². The second-order valence-electron chi connectivity index (χ2n) is 6.29. The van der Waals surface area contributed by atoms with E-state index in [0.717, 1.165) is 32.0 Å². The van der Waals surface area contributed by atoms with E-state index >= 15 is 0 Å². The number of amides is 1. The van der Waals surface area contributed by atoms with Crippen LogP contribution in [-0.2, 0) is 4.79 Å². The van der Waals surface area contributed by atoms with Gasteiger partial charge in [-0.15, -0.1) is 0 Å². The summed E-state index contributed by atoms with van der Waals surface area (Å²) >= 11 is 0. The van der Waals surface area contributed by atoms with Crippen molar-refractivity contribution in [2.75, 3.05) is 26.2 Å². The third-order valence-corrected chi connectivity index (χ3v) is 4.79. The maximum atomic E-state index is 12.2. The fraction of sp³-hybridized carbons (Fsp3) is 0.929. The summed E-state index contributed by atoms with van der Waals surface area (Å²) in [6.07, 6.45) is 5.05. The summed E-state index contributed by atoms with van der Waals surface area (Å²) in [4.78, 5) is 14.8. The first kappa shape index (κ1) is 12.4. The van der Waals surface area contributed by atoms with Gasteiger partial charge in [0.05, 0.1) is 5.92 Å². The maximum Gasteiger partial charge on any atom is 0.224 e. The van der Waals surface area contributed by atoms with Gasteiger partial charge in [0.2, 0.25) is 5.91 Å². The lowest BCUT2D eigenvalue weighted by atomic mass is 9.96. The van der Waals surface area contributed by atoms with Crippen molar-refractivity contribution in [2.45, 2.75) is 44.7 Å². The Morgan fingerprint density at radius 2 is 1.89 bits per heavy atom. The van der Waals surface area contributed by atoms with Crippen molar-refractivity contribution in [2.24, 2.45) is 11.8 Å². The van der Waals surface area contributed by atoms with Crippen LogP contribution in [0.15, 0.2) is 0 Å². The third kappa shape index (κ3) is 2.69. The molecule has 18 heavy (non-hydrogen) atoms. The molecule has 4 heteroatoms. The number of rotatable bonds is 3. The number of piperidine rings is 1. The molecular weight excluding hydrogens is 226 g/mol. The van der Waals surface area contributed by atoms with Crippen molar-refractivity contribution in [1.82, 2.24) is 15.5 Å². The summed E-state index contributed by atoms with van der Waals surface area (Å²) in [6, 6.07) is 1.29. The first-order valence-corrected chi connectivity index (χ1v) is 7.49. The zero-order valence-corrected chi connectivity index (χ0v) is 11.3. The van der Waals surface area contributed by atoms with E-state index in [1.54, 1.807) is 0 Å². The maximum absolute atomic E-state index is 12.2. The largest absolute Gasteiger partial charge is 0.353 e. The van der Waals surface area contributed by atoms with Crippen molar-refractivity contribution < 1.29 is 4.79 Å². The summed E-state index contributed by atoms with van der Waals surface area (Å²) in [6.45, 7) is 6.36. The molecule has 0 aromatic rings. The minimum absolute atomic E-state index is 0.187. The molecule has 0 bridgehead atoms. The minimum Gasteiger partial charge on any atom is -0.353 e. The van der Waals surface area contributed by atoms with Crippen molar-refractivity contribution in [3.63, 3.8) is 0 Å². The van der Waals surface area contributed by atoms with Gasteiger partial charge in [0.15, 0.2) is 0 Å².